The fourth-order valence-corrected chi connectivity index (χ4v) is 5.07. The van der Waals surface area contributed by atoms with E-state index in [-0.39, 0.29) is 0 Å². The second kappa shape index (κ2) is 14.4. The van der Waals surface area contributed by atoms with E-state index >= 15 is 8.78 Å². The Hall–Kier alpha value is -6.98. The Kier molecular flexibility index (Phi) is 11.0. The van der Waals surface area contributed by atoms with Crippen LogP contribution in [0.5, 0.6) is 0 Å². The highest BCUT2D eigenvalue weighted by Gasteiger charge is 2.54. The molecule has 0 saturated heterocycles. The molecule has 0 atom stereocenters. The van der Waals surface area contributed by atoms with Crippen LogP contribution in [0.3, 0.4) is 0 Å². The third-order valence-corrected chi connectivity index (χ3v) is 7.30. The molecule has 1 aromatic carbocycles. The summed E-state index contributed by atoms with van der Waals surface area (Å²) in [6, 6.07) is 1.92. The summed E-state index contributed by atoms with van der Waals surface area (Å²) >= 11 is 0. The highest BCUT2D eigenvalue weighted by molar-refractivity contribution is 6.12. The summed E-state index contributed by atoms with van der Waals surface area (Å²) in [5, 5.41) is 38.5. The van der Waals surface area contributed by atoms with E-state index in [0.29, 0.717) is 24.3 Å². The van der Waals surface area contributed by atoms with E-state index in [1.54, 1.807) is 0 Å². The molecule has 0 amide bonds. The van der Waals surface area contributed by atoms with Gasteiger partial charge in [0.1, 0.15) is 29.8 Å². The number of alkyl halides is 18. The summed E-state index contributed by atoms with van der Waals surface area (Å²) in [5.74, 6) is -18.1. The summed E-state index contributed by atoms with van der Waals surface area (Å²) in [4.78, 5) is 7.51. The summed E-state index contributed by atoms with van der Waals surface area (Å²) in [7, 11) is 0. The average Bonchev–Trinajstić information content (AvgIpc) is 3.80. The van der Waals surface area contributed by atoms with Crippen molar-refractivity contribution in [2.24, 2.45) is 0 Å². The summed E-state index contributed by atoms with van der Waals surface area (Å²) in [5.41, 5.74) is -39.3. The predicted molar refractivity (Wildman–Crippen MR) is 143 cm³/mol. The molecule has 0 radical (unpaired) electrons. The summed E-state index contributed by atoms with van der Waals surface area (Å²) < 4.78 is 312. The zero-order valence-electron chi connectivity index (χ0n) is 26.9. The van der Waals surface area contributed by atoms with Gasteiger partial charge in [0, 0.05) is 16.7 Å². The van der Waals surface area contributed by atoms with E-state index in [0.717, 1.165) is 0 Å². The standard InChI is InChI=1S/C30F22N8/c31-15-8(4-56)16(32)18(34)12(17(15)33)5(1-53)9-10(6(2-54)13-19(25(35,36)37)57-23(29(47,48)49)58-20(13)26(38,39)40)11(9)7(3-55)14-21(27(41,42)43)59-24(30(50,51)52)60-22(14)28(44,45)46/b9-5-,10-6?,11-7-. The second-order valence-corrected chi connectivity index (χ2v) is 10.9. The number of halogens is 22. The largest absolute Gasteiger partial charge is 0.451 e. The quantitative estimate of drug-likeness (QED) is 0.144. The minimum Gasteiger partial charge on any atom is -0.219 e. The molecule has 314 valence electrons. The maximum Gasteiger partial charge on any atom is 0.451 e. The van der Waals surface area contributed by atoms with Crippen LogP contribution < -0.4 is 0 Å². The Labute approximate surface area is 312 Å². The molecule has 1 fully saturated rings. The Morgan fingerprint density at radius 3 is 0.767 bits per heavy atom. The molecular weight excluding hydrogens is 890 g/mol. The maximum absolute atomic E-state index is 15.2. The maximum atomic E-state index is 15.2. The fourth-order valence-electron chi connectivity index (χ4n) is 5.07. The van der Waals surface area contributed by atoms with Gasteiger partial charge in [-0.25, -0.2) is 37.5 Å². The van der Waals surface area contributed by atoms with Crippen molar-refractivity contribution in [3.8, 4) is 24.3 Å². The van der Waals surface area contributed by atoms with Crippen LogP contribution in [0.2, 0.25) is 0 Å². The Morgan fingerprint density at radius 1 is 0.350 bits per heavy atom. The number of rotatable bonds is 3. The third-order valence-electron chi connectivity index (χ3n) is 7.30. The second-order valence-electron chi connectivity index (χ2n) is 10.9. The van der Waals surface area contributed by atoms with Gasteiger partial charge < -0.3 is 0 Å². The van der Waals surface area contributed by atoms with Gasteiger partial charge in [-0.05, 0) is 0 Å². The molecule has 2 aromatic heterocycles. The first-order valence-electron chi connectivity index (χ1n) is 14.1. The van der Waals surface area contributed by atoms with Gasteiger partial charge >= 0.3 is 37.1 Å². The van der Waals surface area contributed by atoms with Crippen LogP contribution in [0.4, 0.5) is 96.6 Å². The van der Waals surface area contributed by atoms with E-state index in [1.807, 2.05) is 19.9 Å². The lowest BCUT2D eigenvalue weighted by Gasteiger charge is -2.19. The number of allylic oxidation sites excluding steroid dienone is 6. The normalized spacial score (nSPS) is 16.4. The number of benzene rings is 1. The van der Waals surface area contributed by atoms with Crippen LogP contribution in [0.15, 0.2) is 16.7 Å². The summed E-state index contributed by atoms with van der Waals surface area (Å²) in [6.45, 7) is 0. The molecule has 0 N–H and O–H groups in total. The van der Waals surface area contributed by atoms with E-state index in [4.69, 9.17) is 5.26 Å². The lowest BCUT2D eigenvalue weighted by atomic mass is 9.98. The molecule has 30 heteroatoms. The van der Waals surface area contributed by atoms with Crippen molar-refractivity contribution in [2.45, 2.75) is 37.1 Å². The molecule has 1 aliphatic rings. The number of nitrogens with zero attached hydrogens (tertiary/aromatic N) is 8. The van der Waals surface area contributed by atoms with E-state index in [9.17, 15) is 104 Å². The highest BCUT2D eigenvalue weighted by atomic mass is 19.4. The minimum absolute atomic E-state index is 0.401. The molecule has 0 unspecified atom stereocenters. The lowest BCUT2D eigenvalue weighted by Crippen LogP contribution is -2.25. The molecule has 8 nitrogen and oxygen atoms in total. The first kappa shape index (κ1) is 45.7. The first-order chi connectivity index (χ1) is 27.1. The highest BCUT2D eigenvalue weighted by Crippen LogP contribution is 2.59. The van der Waals surface area contributed by atoms with E-state index < -0.39 is 150 Å². The fraction of sp³-hybridized carbons (Fsp3) is 0.200. The zero-order valence-corrected chi connectivity index (χ0v) is 26.9. The van der Waals surface area contributed by atoms with Gasteiger partial charge in [0.05, 0.1) is 33.4 Å². The van der Waals surface area contributed by atoms with Gasteiger partial charge in [0.15, 0.2) is 46.0 Å². The molecule has 1 saturated carbocycles. The van der Waals surface area contributed by atoms with E-state index in [2.05, 4.69) is 0 Å². The van der Waals surface area contributed by atoms with Crippen LogP contribution in [0, 0.1) is 68.6 Å². The molecule has 0 aliphatic heterocycles. The van der Waals surface area contributed by atoms with Crippen molar-refractivity contribution in [1.82, 2.24) is 19.9 Å². The predicted octanol–water partition coefficient (Wildman–Crippen LogP) is 10.1. The monoisotopic (exact) mass is 890 g/mol. The topological polar surface area (TPSA) is 147 Å². The zero-order chi connectivity index (χ0) is 46.2. The molecule has 3 aromatic rings. The number of aromatic nitrogens is 4. The lowest BCUT2D eigenvalue weighted by molar-refractivity contribution is -0.162. The van der Waals surface area contributed by atoms with Crippen LogP contribution in [0.1, 0.15) is 56.7 Å². The van der Waals surface area contributed by atoms with E-state index in [1.165, 1.54) is 0 Å². The summed E-state index contributed by atoms with van der Waals surface area (Å²) in [6.07, 6.45) is -39.3. The first-order valence-corrected chi connectivity index (χ1v) is 14.1. The smallest absolute Gasteiger partial charge is 0.219 e. The van der Waals surface area contributed by atoms with Gasteiger partial charge in [0.25, 0.3) is 0 Å². The molecule has 60 heavy (non-hydrogen) atoms. The van der Waals surface area contributed by atoms with Crippen LogP contribution >= 0.6 is 0 Å². The van der Waals surface area contributed by atoms with Crippen LogP contribution in [-0.2, 0) is 37.1 Å². The number of hydrogen-bond donors (Lipinski definition) is 0. The molecule has 1 aliphatic carbocycles. The van der Waals surface area contributed by atoms with Crippen LogP contribution in [-0.4, -0.2) is 19.9 Å². The van der Waals surface area contributed by atoms with Gasteiger partial charge in [0.2, 0.25) is 11.6 Å². The van der Waals surface area contributed by atoms with Crippen molar-refractivity contribution in [2.75, 3.05) is 0 Å². The Bertz CT molecular complexity index is 2410. The average molecular weight is 890 g/mol. The molecular formula is C30F22N8. The van der Waals surface area contributed by atoms with Gasteiger partial charge in [-0.15, -0.1) is 0 Å². The molecule has 0 bridgehead atoms. The van der Waals surface area contributed by atoms with Gasteiger partial charge in [-0.3, -0.25) is 0 Å². The van der Waals surface area contributed by atoms with Crippen LogP contribution in [0.25, 0.3) is 16.7 Å². The van der Waals surface area contributed by atoms with Crippen molar-refractivity contribution in [3.05, 3.63) is 96.7 Å². The number of nitriles is 4. The van der Waals surface area contributed by atoms with Crippen molar-refractivity contribution in [3.63, 3.8) is 0 Å². The van der Waals surface area contributed by atoms with Crippen molar-refractivity contribution >= 4 is 16.7 Å². The molecule has 4 rings (SSSR count). The number of hydrogen-bond acceptors (Lipinski definition) is 8. The minimum atomic E-state index is -6.65. The van der Waals surface area contributed by atoms with Gasteiger partial charge in [-0.2, -0.15) is 100 Å². The molecule has 0 spiro atoms. The Morgan fingerprint density at radius 2 is 0.583 bits per heavy atom. The Balaban J connectivity index is 2.54. The molecule has 2 heterocycles. The van der Waals surface area contributed by atoms with Crippen molar-refractivity contribution < 1.29 is 96.6 Å². The van der Waals surface area contributed by atoms with Crippen molar-refractivity contribution in [1.29, 1.82) is 21.0 Å². The third kappa shape index (κ3) is 7.91. The van der Waals surface area contributed by atoms with Gasteiger partial charge in [-0.1, -0.05) is 0 Å². The SMILES string of the molecule is N#CC(=C1C(=C(/C#N)c2c(C(F)(F)F)nc(C(F)(F)F)nc2C(F)(F)F)/C1=C(/C#N)c1c(F)c(F)c(C#N)c(F)c1F)c1c(C(F)(F)F)nc(C(F)(F)F)nc1C(F)(F)F.